The summed E-state index contributed by atoms with van der Waals surface area (Å²) in [6.45, 7) is 1.76. The SMILES string of the molecule is Cc1ccc2c(c1C=O)-c1c(ccc(O)c1C=O)C2=O. The summed E-state index contributed by atoms with van der Waals surface area (Å²) < 4.78 is 0. The zero-order chi connectivity index (χ0) is 14.4. The van der Waals surface area contributed by atoms with Crippen LogP contribution in [0.3, 0.4) is 0 Å². The van der Waals surface area contributed by atoms with Crippen LogP contribution in [0.5, 0.6) is 5.75 Å². The van der Waals surface area contributed by atoms with Crippen LogP contribution in [0, 0.1) is 6.92 Å². The molecule has 0 amide bonds. The molecule has 1 aliphatic carbocycles. The lowest BCUT2D eigenvalue weighted by molar-refractivity contribution is 0.104. The Hall–Kier alpha value is -2.75. The highest BCUT2D eigenvalue weighted by molar-refractivity contribution is 6.25. The molecule has 4 heteroatoms. The maximum atomic E-state index is 12.3. The van der Waals surface area contributed by atoms with Crippen molar-refractivity contribution in [1.29, 1.82) is 0 Å². The molecular formula is C16H10O4. The number of benzene rings is 2. The second-order valence-corrected chi connectivity index (χ2v) is 4.70. The Balaban J connectivity index is 2.52. The van der Waals surface area contributed by atoms with Gasteiger partial charge in [0.1, 0.15) is 5.75 Å². The van der Waals surface area contributed by atoms with E-state index < -0.39 is 0 Å². The molecule has 2 aromatic rings. The minimum Gasteiger partial charge on any atom is -0.507 e. The third kappa shape index (κ3) is 1.39. The zero-order valence-electron chi connectivity index (χ0n) is 10.6. The monoisotopic (exact) mass is 266 g/mol. The molecule has 0 heterocycles. The first kappa shape index (κ1) is 12.3. The van der Waals surface area contributed by atoms with Gasteiger partial charge in [0.15, 0.2) is 18.4 Å². The van der Waals surface area contributed by atoms with Crippen molar-refractivity contribution in [3.8, 4) is 16.9 Å². The normalized spacial score (nSPS) is 11.9. The van der Waals surface area contributed by atoms with Gasteiger partial charge in [-0.25, -0.2) is 0 Å². The van der Waals surface area contributed by atoms with E-state index in [2.05, 4.69) is 0 Å². The lowest BCUT2D eigenvalue weighted by atomic mass is 9.93. The van der Waals surface area contributed by atoms with Crippen LogP contribution in [-0.2, 0) is 0 Å². The molecule has 4 nitrogen and oxygen atoms in total. The summed E-state index contributed by atoms with van der Waals surface area (Å²) in [5.41, 5.74) is 2.67. The van der Waals surface area contributed by atoms with Crippen molar-refractivity contribution in [3.63, 3.8) is 0 Å². The van der Waals surface area contributed by atoms with Gasteiger partial charge in [0.2, 0.25) is 0 Å². The van der Waals surface area contributed by atoms with Crippen molar-refractivity contribution in [2.45, 2.75) is 6.92 Å². The average molecular weight is 266 g/mol. The van der Waals surface area contributed by atoms with Crippen molar-refractivity contribution >= 4 is 18.4 Å². The maximum Gasteiger partial charge on any atom is 0.194 e. The molecule has 3 rings (SSSR count). The molecule has 2 aromatic carbocycles. The number of aldehydes is 2. The maximum absolute atomic E-state index is 12.3. The third-order valence-electron chi connectivity index (χ3n) is 3.66. The highest BCUT2D eigenvalue weighted by Gasteiger charge is 2.32. The molecule has 1 aliphatic rings. The van der Waals surface area contributed by atoms with E-state index in [4.69, 9.17) is 0 Å². The van der Waals surface area contributed by atoms with Gasteiger partial charge in [0.25, 0.3) is 0 Å². The van der Waals surface area contributed by atoms with Crippen LogP contribution < -0.4 is 0 Å². The molecular weight excluding hydrogens is 256 g/mol. The van der Waals surface area contributed by atoms with Gasteiger partial charge in [0, 0.05) is 27.8 Å². The largest absolute Gasteiger partial charge is 0.507 e. The molecule has 0 unspecified atom stereocenters. The van der Waals surface area contributed by atoms with Crippen LogP contribution >= 0.6 is 0 Å². The summed E-state index contributed by atoms with van der Waals surface area (Å²) in [5, 5.41) is 9.79. The number of fused-ring (bicyclic) bond motifs is 3. The Morgan fingerprint density at radius 2 is 1.45 bits per heavy atom. The number of carbonyl (C=O) groups excluding carboxylic acids is 3. The molecule has 0 saturated carbocycles. The van der Waals surface area contributed by atoms with Crippen LogP contribution in [0.15, 0.2) is 24.3 Å². The number of phenols is 1. The van der Waals surface area contributed by atoms with Gasteiger partial charge >= 0.3 is 0 Å². The second-order valence-electron chi connectivity index (χ2n) is 4.70. The Labute approximate surface area is 114 Å². The summed E-state index contributed by atoms with van der Waals surface area (Å²) in [6, 6.07) is 6.14. The van der Waals surface area contributed by atoms with Crippen molar-refractivity contribution in [2.24, 2.45) is 0 Å². The van der Waals surface area contributed by atoms with Crippen molar-refractivity contribution in [3.05, 3.63) is 52.1 Å². The molecule has 98 valence electrons. The Bertz CT molecular complexity index is 722. The first-order valence-electron chi connectivity index (χ1n) is 6.05. The fourth-order valence-corrected chi connectivity index (χ4v) is 2.67. The van der Waals surface area contributed by atoms with Gasteiger partial charge in [-0.05, 0) is 24.6 Å². The number of carbonyl (C=O) groups is 3. The predicted molar refractivity (Wildman–Crippen MR) is 72.5 cm³/mol. The third-order valence-corrected chi connectivity index (χ3v) is 3.66. The van der Waals surface area contributed by atoms with Crippen molar-refractivity contribution < 1.29 is 19.5 Å². The number of phenolic OH excluding ortho intramolecular Hbond substituents is 1. The molecule has 0 saturated heterocycles. The summed E-state index contributed by atoms with van der Waals surface area (Å²) in [6.07, 6.45) is 1.18. The standard InChI is InChI=1S/C16H10O4/c1-8-2-3-9-14(11(8)6-17)15-10(16(9)20)4-5-13(19)12(15)7-18/h2-7,19H,1H3. The average Bonchev–Trinajstić information content (AvgIpc) is 2.72. The van der Waals surface area contributed by atoms with Gasteiger partial charge < -0.3 is 5.11 Å². The molecule has 0 aromatic heterocycles. The first-order valence-corrected chi connectivity index (χ1v) is 6.05. The van der Waals surface area contributed by atoms with E-state index in [1.807, 2.05) is 0 Å². The van der Waals surface area contributed by atoms with Gasteiger partial charge in [0.05, 0.1) is 5.56 Å². The minimum absolute atomic E-state index is 0.0447. The quantitative estimate of drug-likeness (QED) is 0.723. The Morgan fingerprint density at radius 3 is 2.05 bits per heavy atom. The molecule has 20 heavy (non-hydrogen) atoms. The summed E-state index contributed by atoms with van der Waals surface area (Å²) >= 11 is 0. The van der Waals surface area contributed by atoms with Crippen LogP contribution in [0.2, 0.25) is 0 Å². The van der Waals surface area contributed by atoms with Gasteiger partial charge in [-0.2, -0.15) is 0 Å². The molecule has 0 aliphatic heterocycles. The van der Waals surface area contributed by atoms with Crippen LogP contribution in [-0.4, -0.2) is 23.5 Å². The van der Waals surface area contributed by atoms with Crippen molar-refractivity contribution in [2.75, 3.05) is 0 Å². The topological polar surface area (TPSA) is 71.4 Å². The zero-order valence-corrected chi connectivity index (χ0v) is 10.6. The fraction of sp³-hybridized carbons (Fsp3) is 0.0625. The minimum atomic E-state index is -0.235. The highest BCUT2D eigenvalue weighted by atomic mass is 16.3. The molecule has 0 atom stereocenters. The number of aryl methyl sites for hydroxylation is 1. The van der Waals surface area contributed by atoms with E-state index in [1.165, 1.54) is 12.1 Å². The lowest BCUT2D eigenvalue weighted by Crippen LogP contribution is -1.97. The van der Waals surface area contributed by atoms with E-state index in [0.29, 0.717) is 40.4 Å². The van der Waals surface area contributed by atoms with Crippen LogP contribution in [0.4, 0.5) is 0 Å². The lowest BCUT2D eigenvalue weighted by Gasteiger charge is -2.09. The number of hydrogen-bond donors (Lipinski definition) is 1. The smallest absolute Gasteiger partial charge is 0.194 e. The number of rotatable bonds is 2. The van der Waals surface area contributed by atoms with Crippen LogP contribution in [0.25, 0.3) is 11.1 Å². The van der Waals surface area contributed by atoms with Gasteiger partial charge in [-0.1, -0.05) is 12.1 Å². The Morgan fingerprint density at radius 1 is 0.900 bits per heavy atom. The highest BCUT2D eigenvalue weighted by Crippen LogP contribution is 2.43. The van der Waals surface area contributed by atoms with Gasteiger partial charge in [-0.3, -0.25) is 14.4 Å². The number of ketones is 1. The summed E-state index contributed by atoms with van der Waals surface area (Å²) in [5.74, 6) is -0.432. The fourth-order valence-electron chi connectivity index (χ4n) is 2.67. The van der Waals surface area contributed by atoms with E-state index in [1.54, 1.807) is 19.1 Å². The van der Waals surface area contributed by atoms with Crippen LogP contribution in [0.1, 0.15) is 42.2 Å². The summed E-state index contributed by atoms with van der Waals surface area (Å²) in [4.78, 5) is 34.9. The van der Waals surface area contributed by atoms with E-state index in [-0.39, 0.29) is 17.1 Å². The van der Waals surface area contributed by atoms with Gasteiger partial charge in [-0.15, -0.1) is 0 Å². The second kappa shape index (κ2) is 4.13. The number of hydrogen-bond acceptors (Lipinski definition) is 4. The number of aromatic hydroxyl groups is 1. The molecule has 0 fully saturated rings. The van der Waals surface area contributed by atoms with Crippen molar-refractivity contribution in [1.82, 2.24) is 0 Å². The summed E-state index contributed by atoms with van der Waals surface area (Å²) in [7, 11) is 0. The van der Waals surface area contributed by atoms with E-state index >= 15 is 0 Å². The van der Waals surface area contributed by atoms with E-state index in [9.17, 15) is 19.5 Å². The van der Waals surface area contributed by atoms with E-state index in [0.717, 1.165) is 5.56 Å². The predicted octanol–water partition coefficient (Wildman–Crippen LogP) is 2.54. The molecule has 0 spiro atoms. The molecule has 0 bridgehead atoms. The molecule has 1 N–H and O–H groups in total. The molecule has 0 radical (unpaired) electrons. The Kier molecular flexibility index (Phi) is 2.54. The first-order chi connectivity index (χ1) is 9.60.